The van der Waals surface area contributed by atoms with Gasteiger partial charge < -0.3 is 5.32 Å². The van der Waals surface area contributed by atoms with Crippen LogP contribution >= 0.6 is 11.3 Å². The molecule has 1 heterocycles. The normalized spacial score (nSPS) is 14.5. The van der Waals surface area contributed by atoms with Crippen molar-refractivity contribution >= 4 is 21.4 Å². The molecule has 4 nitrogen and oxygen atoms in total. The van der Waals surface area contributed by atoms with Gasteiger partial charge >= 0.3 is 0 Å². The second-order valence-corrected chi connectivity index (χ2v) is 8.78. The molecule has 0 saturated heterocycles. The van der Waals surface area contributed by atoms with Crippen molar-refractivity contribution in [2.75, 3.05) is 6.54 Å². The van der Waals surface area contributed by atoms with Crippen LogP contribution in [-0.2, 0) is 16.6 Å². The largest absolute Gasteiger partial charge is 0.312 e. The molecule has 1 atom stereocenters. The molecular formula is C14H26N2O2S2. The zero-order valence-corrected chi connectivity index (χ0v) is 14.8. The van der Waals surface area contributed by atoms with Crippen LogP contribution < -0.4 is 10.0 Å². The van der Waals surface area contributed by atoms with Gasteiger partial charge in [0.2, 0.25) is 10.0 Å². The van der Waals surface area contributed by atoms with Crippen molar-refractivity contribution in [3.05, 3.63) is 15.8 Å². The number of hydrogen-bond donors (Lipinski definition) is 2. The van der Waals surface area contributed by atoms with Crippen molar-refractivity contribution in [3.8, 4) is 0 Å². The van der Waals surface area contributed by atoms with Gasteiger partial charge in [-0.05, 0) is 36.8 Å². The molecule has 2 N–H and O–H groups in total. The van der Waals surface area contributed by atoms with Crippen LogP contribution in [0.25, 0.3) is 0 Å². The summed E-state index contributed by atoms with van der Waals surface area (Å²) in [5, 5.41) is 5.10. The predicted molar refractivity (Wildman–Crippen MR) is 85.7 cm³/mol. The SMILES string of the molecule is CCNCc1scc(C)c1S(=O)(=O)NC(C)C(C)(C)C. The van der Waals surface area contributed by atoms with Gasteiger partial charge in [-0.2, -0.15) is 0 Å². The van der Waals surface area contributed by atoms with Crippen molar-refractivity contribution in [1.82, 2.24) is 10.0 Å². The topological polar surface area (TPSA) is 58.2 Å². The van der Waals surface area contributed by atoms with E-state index in [1.165, 1.54) is 11.3 Å². The Kier molecular flexibility index (Phi) is 5.78. The van der Waals surface area contributed by atoms with Gasteiger partial charge in [-0.1, -0.05) is 27.7 Å². The molecule has 6 heteroatoms. The zero-order chi connectivity index (χ0) is 15.6. The molecule has 1 unspecified atom stereocenters. The fraction of sp³-hybridized carbons (Fsp3) is 0.714. The van der Waals surface area contributed by atoms with Crippen LogP contribution in [0, 0.1) is 12.3 Å². The zero-order valence-electron chi connectivity index (χ0n) is 13.2. The van der Waals surface area contributed by atoms with Crippen LogP contribution in [0.3, 0.4) is 0 Å². The lowest BCUT2D eigenvalue weighted by Gasteiger charge is -2.28. The van der Waals surface area contributed by atoms with E-state index in [0.29, 0.717) is 11.4 Å². The first-order chi connectivity index (χ1) is 9.09. The van der Waals surface area contributed by atoms with E-state index in [0.717, 1.165) is 17.0 Å². The second-order valence-electron chi connectivity index (χ2n) is 6.16. The molecule has 1 rings (SSSR count). The van der Waals surface area contributed by atoms with E-state index in [1.807, 2.05) is 46.9 Å². The third-order valence-corrected chi connectivity index (χ3v) is 6.43. The van der Waals surface area contributed by atoms with Crippen LogP contribution in [-0.4, -0.2) is 21.0 Å². The predicted octanol–water partition coefficient (Wildman–Crippen LogP) is 2.88. The first kappa shape index (κ1) is 17.6. The van der Waals surface area contributed by atoms with Gasteiger partial charge in [-0.15, -0.1) is 11.3 Å². The Morgan fingerprint density at radius 1 is 1.35 bits per heavy atom. The quantitative estimate of drug-likeness (QED) is 0.848. The summed E-state index contributed by atoms with van der Waals surface area (Å²) in [4.78, 5) is 1.32. The molecule has 0 aliphatic carbocycles. The molecule has 0 spiro atoms. The summed E-state index contributed by atoms with van der Waals surface area (Å²) in [6.45, 7) is 13.3. The molecule has 0 aromatic carbocycles. The molecule has 116 valence electrons. The molecule has 0 saturated carbocycles. The van der Waals surface area contributed by atoms with Crippen LogP contribution in [0.2, 0.25) is 0 Å². The molecule has 0 radical (unpaired) electrons. The highest BCUT2D eigenvalue weighted by molar-refractivity contribution is 7.89. The summed E-state index contributed by atoms with van der Waals surface area (Å²) < 4.78 is 28.1. The number of rotatable bonds is 6. The van der Waals surface area contributed by atoms with E-state index < -0.39 is 10.0 Å². The first-order valence-corrected chi connectivity index (χ1v) is 9.26. The van der Waals surface area contributed by atoms with E-state index in [2.05, 4.69) is 10.0 Å². The number of nitrogens with one attached hydrogen (secondary N) is 2. The summed E-state index contributed by atoms with van der Waals surface area (Å²) >= 11 is 1.50. The monoisotopic (exact) mass is 318 g/mol. The van der Waals surface area contributed by atoms with E-state index in [4.69, 9.17) is 0 Å². The standard InChI is InChI=1S/C14H26N2O2S2/c1-7-15-8-12-13(10(2)9-19-12)20(17,18)16-11(3)14(4,5)6/h9,11,15-16H,7-8H2,1-6H3. The number of thiophene rings is 1. The number of hydrogen-bond acceptors (Lipinski definition) is 4. The molecule has 0 amide bonds. The van der Waals surface area contributed by atoms with Gasteiger partial charge in [-0.3, -0.25) is 0 Å². The lowest BCUT2D eigenvalue weighted by molar-refractivity contribution is 0.317. The average molecular weight is 319 g/mol. The molecular weight excluding hydrogens is 292 g/mol. The van der Waals surface area contributed by atoms with Gasteiger partial charge in [0.05, 0.1) is 0 Å². The Labute approximate surface area is 127 Å². The minimum atomic E-state index is -3.47. The lowest BCUT2D eigenvalue weighted by Crippen LogP contribution is -2.41. The van der Waals surface area contributed by atoms with Crippen LogP contribution in [0.15, 0.2) is 10.3 Å². The Hall–Kier alpha value is -0.430. The summed E-state index contributed by atoms with van der Waals surface area (Å²) in [6.07, 6.45) is 0. The van der Waals surface area contributed by atoms with E-state index in [-0.39, 0.29) is 11.5 Å². The van der Waals surface area contributed by atoms with Crippen molar-refractivity contribution in [1.29, 1.82) is 0 Å². The van der Waals surface area contributed by atoms with Crippen LogP contribution in [0.5, 0.6) is 0 Å². The molecule has 20 heavy (non-hydrogen) atoms. The minimum absolute atomic E-state index is 0.112. The molecule has 0 fully saturated rings. The lowest BCUT2D eigenvalue weighted by atomic mass is 9.89. The smallest absolute Gasteiger partial charge is 0.242 e. The van der Waals surface area contributed by atoms with Crippen LogP contribution in [0.1, 0.15) is 45.1 Å². The minimum Gasteiger partial charge on any atom is -0.312 e. The van der Waals surface area contributed by atoms with Gasteiger partial charge in [0.1, 0.15) is 4.90 Å². The highest BCUT2D eigenvalue weighted by Crippen LogP contribution is 2.28. The summed E-state index contributed by atoms with van der Waals surface area (Å²) in [5.74, 6) is 0. The molecule has 1 aromatic heterocycles. The van der Waals surface area contributed by atoms with Crippen molar-refractivity contribution in [2.45, 2.75) is 59.0 Å². The van der Waals surface area contributed by atoms with Crippen molar-refractivity contribution in [3.63, 3.8) is 0 Å². The Morgan fingerprint density at radius 3 is 2.45 bits per heavy atom. The maximum atomic E-state index is 12.6. The van der Waals surface area contributed by atoms with Gasteiger partial charge in [0.25, 0.3) is 0 Å². The summed E-state index contributed by atoms with van der Waals surface area (Å²) in [6, 6.07) is -0.126. The third-order valence-electron chi connectivity index (χ3n) is 3.42. The molecule has 0 bridgehead atoms. The summed E-state index contributed by atoms with van der Waals surface area (Å²) in [5.41, 5.74) is 0.704. The maximum Gasteiger partial charge on any atom is 0.242 e. The maximum absolute atomic E-state index is 12.6. The Balaban J connectivity index is 3.06. The van der Waals surface area contributed by atoms with Crippen molar-refractivity contribution < 1.29 is 8.42 Å². The van der Waals surface area contributed by atoms with Gasteiger partial charge in [-0.25, -0.2) is 13.1 Å². The molecule has 0 aliphatic rings. The first-order valence-electron chi connectivity index (χ1n) is 6.89. The number of sulfonamides is 1. The van der Waals surface area contributed by atoms with E-state index in [1.54, 1.807) is 0 Å². The molecule has 0 aliphatic heterocycles. The third kappa shape index (κ3) is 4.28. The Morgan fingerprint density at radius 2 is 1.95 bits per heavy atom. The summed E-state index contributed by atoms with van der Waals surface area (Å²) in [7, 11) is -3.47. The highest BCUT2D eigenvalue weighted by atomic mass is 32.2. The highest BCUT2D eigenvalue weighted by Gasteiger charge is 2.29. The van der Waals surface area contributed by atoms with Gasteiger partial charge in [0.15, 0.2) is 0 Å². The molecule has 1 aromatic rings. The fourth-order valence-corrected chi connectivity index (χ4v) is 4.91. The number of aryl methyl sites for hydroxylation is 1. The second kappa shape index (κ2) is 6.56. The van der Waals surface area contributed by atoms with Crippen molar-refractivity contribution in [2.24, 2.45) is 5.41 Å². The van der Waals surface area contributed by atoms with Gasteiger partial charge in [0, 0.05) is 17.5 Å². The van der Waals surface area contributed by atoms with E-state index in [9.17, 15) is 8.42 Å². The van der Waals surface area contributed by atoms with E-state index >= 15 is 0 Å². The Bertz CT molecular complexity index is 542. The fourth-order valence-electron chi connectivity index (χ4n) is 1.68. The average Bonchev–Trinajstić information content (AvgIpc) is 2.66. The van der Waals surface area contributed by atoms with Crippen LogP contribution in [0.4, 0.5) is 0 Å².